The maximum Gasteiger partial charge on any atom is 0.410 e. The maximum absolute atomic E-state index is 13.2. The van der Waals surface area contributed by atoms with Gasteiger partial charge in [-0.2, -0.15) is 15.0 Å². The number of amides is 2. The zero-order chi connectivity index (χ0) is 31.1. The molecule has 15 heteroatoms. The first-order chi connectivity index (χ1) is 20.5. The van der Waals surface area contributed by atoms with Crippen molar-refractivity contribution in [2.24, 2.45) is 0 Å². The highest BCUT2D eigenvalue weighted by molar-refractivity contribution is 6.09. The van der Waals surface area contributed by atoms with E-state index in [0.29, 0.717) is 76.5 Å². The van der Waals surface area contributed by atoms with Crippen LogP contribution in [0.5, 0.6) is 0 Å². The van der Waals surface area contributed by atoms with Gasteiger partial charge in [0, 0.05) is 45.8 Å². The molecule has 0 radical (unpaired) electrons. The Morgan fingerprint density at radius 1 is 0.977 bits per heavy atom. The van der Waals surface area contributed by atoms with Crippen LogP contribution in [0.15, 0.2) is 25.3 Å². The number of Topliss-reactive ketones (excluding diaryl/α,β-unsaturated/α-hetero) is 1. The number of rotatable bonds is 11. The van der Waals surface area contributed by atoms with E-state index >= 15 is 0 Å². The number of nitrogens with zero attached hydrogens (tertiary/aromatic N) is 6. The van der Waals surface area contributed by atoms with Crippen LogP contribution in [-0.4, -0.2) is 125 Å². The molecule has 3 unspecified atom stereocenters. The van der Waals surface area contributed by atoms with E-state index in [1.54, 1.807) is 37.8 Å². The van der Waals surface area contributed by atoms with E-state index in [0.717, 1.165) is 0 Å². The lowest BCUT2D eigenvalue weighted by molar-refractivity contribution is -0.185. The van der Waals surface area contributed by atoms with Gasteiger partial charge in [-0.3, -0.25) is 9.59 Å². The number of fused-ring (bicyclic) bond motifs is 1. The van der Waals surface area contributed by atoms with Crippen molar-refractivity contribution in [2.45, 2.75) is 57.5 Å². The summed E-state index contributed by atoms with van der Waals surface area (Å²) in [4.78, 5) is 69.7. The minimum atomic E-state index is -1.35. The Kier molecular flexibility index (Phi) is 10.2. The van der Waals surface area contributed by atoms with Crippen molar-refractivity contribution in [3.8, 4) is 0 Å². The second-order valence-electron chi connectivity index (χ2n) is 11.3. The Hall–Kier alpha value is -4.27. The lowest BCUT2D eigenvalue weighted by Crippen LogP contribution is -2.63. The molecule has 234 valence electrons. The fourth-order valence-corrected chi connectivity index (χ4v) is 5.06. The fourth-order valence-electron chi connectivity index (χ4n) is 5.06. The molecule has 1 aromatic rings. The van der Waals surface area contributed by atoms with Crippen LogP contribution in [-0.2, 0) is 28.6 Å². The van der Waals surface area contributed by atoms with Gasteiger partial charge in [-0.15, -0.1) is 13.2 Å². The molecule has 1 aromatic heterocycles. The molecule has 15 nitrogen and oxygen atoms in total. The lowest BCUT2D eigenvalue weighted by Gasteiger charge is -2.40. The predicted molar refractivity (Wildman–Crippen MR) is 157 cm³/mol. The number of carbonyl (C=O) groups is 4. The SMILES string of the molecule is C=CCNc1nc(NCC=C)nc(N2CCN(C(=O)OCC(=O)OC3C(=O)C(OC(C)(C)C)C(=O)N4CCCC34)CC2)n1. The Labute approximate surface area is 250 Å². The number of carbonyl (C=O) groups excluding carboxylic acids is 4. The minimum Gasteiger partial charge on any atom is -0.449 e. The Morgan fingerprint density at radius 2 is 1.60 bits per heavy atom. The van der Waals surface area contributed by atoms with E-state index in [-0.39, 0.29) is 0 Å². The number of aromatic nitrogens is 3. The lowest BCUT2D eigenvalue weighted by atomic mass is 9.94. The van der Waals surface area contributed by atoms with Gasteiger partial charge in [0.05, 0.1) is 11.6 Å². The van der Waals surface area contributed by atoms with Crippen LogP contribution in [0.1, 0.15) is 33.6 Å². The van der Waals surface area contributed by atoms with Crippen molar-refractivity contribution >= 4 is 41.6 Å². The molecule has 2 amide bonds. The molecule has 43 heavy (non-hydrogen) atoms. The molecule has 0 spiro atoms. The minimum absolute atomic E-state index is 0.302. The van der Waals surface area contributed by atoms with Crippen LogP contribution in [0.4, 0.5) is 22.6 Å². The molecule has 3 aliphatic heterocycles. The van der Waals surface area contributed by atoms with Gasteiger partial charge in [-0.25, -0.2) is 9.59 Å². The molecule has 3 atom stereocenters. The molecule has 0 bridgehead atoms. The number of ketones is 1. The first kappa shape index (κ1) is 31.7. The van der Waals surface area contributed by atoms with Gasteiger partial charge in [0.25, 0.3) is 5.91 Å². The van der Waals surface area contributed by atoms with E-state index in [9.17, 15) is 19.2 Å². The Bertz CT molecular complexity index is 1200. The van der Waals surface area contributed by atoms with E-state index < -0.39 is 54.2 Å². The summed E-state index contributed by atoms with van der Waals surface area (Å²) in [6, 6.07) is -0.553. The van der Waals surface area contributed by atoms with Crippen LogP contribution in [0.2, 0.25) is 0 Å². The zero-order valence-electron chi connectivity index (χ0n) is 24.9. The number of piperazine rings is 1. The van der Waals surface area contributed by atoms with Gasteiger partial charge in [0.1, 0.15) is 0 Å². The summed E-state index contributed by atoms with van der Waals surface area (Å²) in [6.07, 6.45) is 1.38. The smallest absolute Gasteiger partial charge is 0.410 e. The first-order valence-electron chi connectivity index (χ1n) is 14.3. The summed E-state index contributed by atoms with van der Waals surface area (Å²) in [5.41, 5.74) is -0.754. The fraction of sp³-hybridized carbons (Fsp3) is 0.607. The van der Waals surface area contributed by atoms with Gasteiger partial charge < -0.3 is 39.5 Å². The molecule has 2 N–H and O–H groups in total. The number of hydrogen-bond acceptors (Lipinski definition) is 13. The van der Waals surface area contributed by atoms with Crippen molar-refractivity contribution in [3.05, 3.63) is 25.3 Å². The summed E-state index contributed by atoms with van der Waals surface area (Å²) in [5.74, 6) is -0.668. The number of hydrogen-bond donors (Lipinski definition) is 2. The average Bonchev–Trinajstić information content (AvgIpc) is 3.48. The summed E-state index contributed by atoms with van der Waals surface area (Å²) in [7, 11) is 0. The monoisotopic (exact) mass is 600 g/mol. The van der Waals surface area contributed by atoms with Crippen molar-refractivity contribution < 1.29 is 33.4 Å². The summed E-state index contributed by atoms with van der Waals surface area (Å²) in [5, 5.41) is 6.11. The molecule has 0 aromatic carbocycles. The number of nitrogens with one attached hydrogen (secondary N) is 2. The number of ether oxygens (including phenoxy) is 3. The van der Waals surface area contributed by atoms with Crippen LogP contribution in [0.25, 0.3) is 0 Å². The van der Waals surface area contributed by atoms with E-state index in [1.165, 1.54) is 4.90 Å². The summed E-state index contributed by atoms with van der Waals surface area (Å²) < 4.78 is 16.4. The van der Waals surface area contributed by atoms with Gasteiger partial charge >= 0.3 is 12.1 Å². The standard InChI is InChI=1S/C28H40N8O7/c1-6-10-29-24-31-25(30-11-7-2)33-26(32-24)34-13-15-35(16-14-34)27(40)41-17-19(37)42-21-18-9-8-12-36(18)23(39)22(20(21)38)43-28(3,4)5/h6-7,18,21-22H,1-2,8-17H2,3-5H3,(H2,29,30,31,32,33). The van der Waals surface area contributed by atoms with Crippen molar-refractivity contribution in [1.82, 2.24) is 24.8 Å². The largest absolute Gasteiger partial charge is 0.449 e. The predicted octanol–water partition coefficient (Wildman–Crippen LogP) is 0.995. The number of esters is 1. The van der Waals surface area contributed by atoms with E-state index in [1.807, 2.05) is 4.90 Å². The molecule has 0 aliphatic carbocycles. The van der Waals surface area contributed by atoms with Crippen molar-refractivity contribution in [3.63, 3.8) is 0 Å². The quantitative estimate of drug-likeness (QED) is 0.210. The van der Waals surface area contributed by atoms with Crippen LogP contribution >= 0.6 is 0 Å². The molecule has 3 fully saturated rings. The van der Waals surface area contributed by atoms with Crippen molar-refractivity contribution in [1.29, 1.82) is 0 Å². The van der Waals surface area contributed by atoms with Crippen LogP contribution in [0.3, 0.4) is 0 Å². The summed E-state index contributed by atoms with van der Waals surface area (Å²) in [6.45, 7) is 14.8. The Morgan fingerprint density at radius 3 is 2.19 bits per heavy atom. The maximum atomic E-state index is 13.2. The average molecular weight is 601 g/mol. The molecule has 3 aliphatic rings. The summed E-state index contributed by atoms with van der Waals surface area (Å²) >= 11 is 0. The highest BCUT2D eigenvalue weighted by atomic mass is 16.6. The van der Waals surface area contributed by atoms with Gasteiger partial charge in [0.15, 0.2) is 18.8 Å². The molecule has 4 rings (SSSR count). The van der Waals surface area contributed by atoms with Gasteiger partial charge in [-0.1, -0.05) is 12.2 Å². The molecular weight excluding hydrogens is 560 g/mol. The Balaban J connectivity index is 1.30. The first-order valence-corrected chi connectivity index (χ1v) is 14.3. The molecule has 3 saturated heterocycles. The normalized spacial score (nSPS) is 22.1. The van der Waals surface area contributed by atoms with Gasteiger partial charge in [-0.05, 0) is 33.6 Å². The molecular formula is C28H40N8O7. The van der Waals surface area contributed by atoms with Crippen molar-refractivity contribution in [2.75, 3.05) is 68.0 Å². The van der Waals surface area contributed by atoms with E-state index in [4.69, 9.17) is 14.2 Å². The third-order valence-corrected chi connectivity index (χ3v) is 6.99. The van der Waals surface area contributed by atoms with Crippen LogP contribution in [0, 0.1) is 0 Å². The number of piperidine rings is 1. The van der Waals surface area contributed by atoms with Gasteiger partial charge in [0.2, 0.25) is 23.6 Å². The highest BCUT2D eigenvalue weighted by Crippen LogP contribution is 2.31. The molecule has 0 saturated carbocycles. The number of anilines is 3. The zero-order valence-corrected chi connectivity index (χ0v) is 24.9. The second kappa shape index (κ2) is 13.8. The van der Waals surface area contributed by atoms with E-state index in [2.05, 4.69) is 38.7 Å². The third-order valence-electron chi connectivity index (χ3n) is 6.99. The topological polar surface area (TPSA) is 168 Å². The third kappa shape index (κ3) is 7.97. The second-order valence-corrected chi connectivity index (χ2v) is 11.3. The molecule has 4 heterocycles. The highest BCUT2D eigenvalue weighted by Gasteiger charge is 2.53. The van der Waals surface area contributed by atoms with Crippen LogP contribution < -0.4 is 15.5 Å².